The highest BCUT2D eigenvalue weighted by atomic mass is 16.6. The molecule has 3 aliphatic rings. The first kappa shape index (κ1) is 15.3. The summed E-state index contributed by atoms with van der Waals surface area (Å²) in [6.07, 6.45) is 12.0. The largest absolute Gasteiger partial charge is 0.367 e. The molecular formula is C20H32O. The molecule has 1 saturated heterocycles. The Morgan fingerprint density at radius 3 is 2.71 bits per heavy atom. The lowest BCUT2D eigenvalue weighted by Gasteiger charge is -2.48. The molecule has 2 aliphatic carbocycles. The molecule has 0 aromatic carbocycles. The van der Waals surface area contributed by atoms with E-state index in [9.17, 15) is 0 Å². The minimum absolute atomic E-state index is 0.133. The van der Waals surface area contributed by atoms with Crippen LogP contribution in [0.2, 0.25) is 0 Å². The topological polar surface area (TPSA) is 12.5 Å². The van der Waals surface area contributed by atoms with Gasteiger partial charge in [-0.05, 0) is 83.0 Å². The molecule has 2 fully saturated rings. The molecule has 1 unspecified atom stereocenters. The maximum atomic E-state index is 5.71. The molecule has 0 spiro atoms. The monoisotopic (exact) mass is 288 g/mol. The van der Waals surface area contributed by atoms with Gasteiger partial charge in [0.2, 0.25) is 0 Å². The van der Waals surface area contributed by atoms with E-state index >= 15 is 0 Å². The standard InChI is InChI=1S/C20H32O/c1-14(8-9-18-19(3,4)21-18)16-10-12-20(5)11-6-7-15(2)17(20)13-16/h7,16-18H,1,6,8-13H2,2-5H3/t16-,17+,18?,20-/m1/s1. The van der Waals surface area contributed by atoms with E-state index in [1.807, 2.05) is 0 Å². The summed E-state index contributed by atoms with van der Waals surface area (Å²) in [5.41, 5.74) is 3.83. The Hall–Kier alpha value is -0.560. The molecule has 0 bridgehead atoms. The third-order valence-corrected chi connectivity index (χ3v) is 6.63. The van der Waals surface area contributed by atoms with E-state index in [1.54, 1.807) is 5.57 Å². The van der Waals surface area contributed by atoms with Gasteiger partial charge in [0.15, 0.2) is 0 Å². The zero-order chi connectivity index (χ0) is 15.3. The lowest BCUT2D eigenvalue weighted by molar-refractivity contribution is 0.0970. The Morgan fingerprint density at radius 1 is 1.33 bits per heavy atom. The molecule has 0 N–H and O–H groups in total. The van der Waals surface area contributed by atoms with E-state index in [0.29, 0.717) is 11.5 Å². The molecule has 3 rings (SSSR count). The molecule has 1 aliphatic heterocycles. The minimum Gasteiger partial charge on any atom is -0.367 e. The smallest absolute Gasteiger partial charge is 0.0892 e. The predicted octanol–water partition coefficient (Wildman–Crippen LogP) is 5.66. The van der Waals surface area contributed by atoms with Crippen LogP contribution in [0.3, 0.4) is 0 Å². The lowest BCUT2D eigenvalue weighted by atomic mass is 9.57. The van der Waals surface area contributed by atoms with E-state index in [0.717, 1.165) is 18.3 Å². The quantitative estimate of drug-likeness (QED) is 0.480. The highest BCUT2D eigenvalue weighted by Crippen LogP contribution is 2.53. The number of allylic oxidation sites excluding steroid dienone is 3. The fourth-order valence-electron chi connectivity index (χ4n) is 4.80. The number of hydrogen-bond donors (Lipinski definition) is 0. The lowest BCUT2D eigenvalue weighted by Crippen LogP contribution is -2.37. The van der Waals surface area contributed by atoms with Crippen LogP contribution < -0.4 is 0 Å². The summed E-state index contributed by atoms with van der Waals surface area (Å²) in [5, 5.41) is 0. The van der Waals surface area contributed by atoms with Gasteiger partial charge in [0.1, 0.15) is 0 Å². The van der Waals surface area contributed by atoms with Crippen molar-refractivity contribution in [2.24, 2.45) is 17.3 Å². The van der Waals surface area contributed by atoms with Crippen molar-refractivity contribution in [1.29, 1.82) is 0 Å². The normalized spacial score (nSPS) is 41.1. The highest BCUT2D eigenvalue weighted by molar-refractivity contribution is 5.17. The number of ether oxygens (including phenoxy) is 1. The summed E-state index contributed by atoms with van der Waals surface area (Å²) < 4.78 is 5.71. The van der Waals surface area contributed by atoms with Crippen LogP contribution in [0.25, 0.3) is 0 Å². The van der Waals surface area contributed by atoms with Gasteiger partial charge in [-0.2, -0.15) is 0 Å². The number of rotatable bonds is 4. The zero-order valence-corrected chi connectivity index (χ0v) is 14.4. The molecule has 1 nitrogen and oxygen atoms in total. The van der Waals surface area contributed by atoms with Crippen molar-refractivity contribution in [2.45, 2.75) is 84.3 Å². The Bertz CT molecular complexity index is 458. The summed E-state index contributed by atoms with van der Waals surface area (Å²) in [5.74, 6) is 1.54. The molecule has 1 saturated carbocycles. The second-order valence-corrected chi connectivity index (χ2v) is 8.57. The Kier molecular flexibility index (Phi) is 3.84. The maximum absolute atomic E-state index is 5.71. The van der Waals surface area contributed by atoms with E-state index in [2.05, 4.69) is 40.3 Å². The minimum atomic E-state index is 0.133. The first-order chi connectivity index (χ1) is 9.82. The Labute approximate surface area is 130 Å². The van der Waals surface area contributed by atoms with Crippen LogP contribution in [-0.2, 0) is 4.74 Å². The van der Waals surface area contributed by atoms with Crippen molar-refractivity contribution >= 4 is 0 Å². The average Bonchev–Trinajstić information content (AvgIpc) is 3.03. The van der Waals surface area contributed by atoms with Crippen LogP contribution in [0.4, 0.5) is 0 Å². The average molecular weight is 288 g/mol. The number of hydrogen-bond acceptors (Lipinski definition) is 1. The molecule has 118 valence electrons. The van der Waals surface area contributed by atoms with Gasteiger partial charge >= 0.3 is 0 Å². The van der Waals surface area contributed by atoms with Gasteiger partial charge in [0.05, 0.1) is 11.7 Å². The van der Waals surface area contributed by atoms with E-state index in [-0.39, 0.29) is 5.60 Å². The first-order valence-corrected chi connectivity index (χ1v) is 8.84. The van der Waals surface area contributed by atoms with Crippen molar-refractivity contribution in [3.63, 3.8) is 0 Å². The second-order valence-electron chi connectivity index (χ2n) is 8.57. The Morgan fingerprint density at radius 2 is 2.05 bits per heavy atom. The molecule has 1 heterocycles. The second kappa shape index (κ2) is 5.26. The molecule has 0 amide bonds. The van der Waals surface area contributed by atoms with Gasteiger partial charge in [-0.3, -0.25) is 0 Å². The van der Waals surface area contributed by atoms with E-state index in [4.69, 9.17) is 4.74 Å². The predicted molar refractivity (Wildman–Crippen MR) is 89.3 cm³/mol. The van der Waals surface area contributed by atoms with Crippen LogP contribution in [0, 0.1) is 17.3 Å². The number of epoxide rings is 1. The zero-order valence-electron chi connectivity index (χ0n) is 14.4. The summed E-state index contributed by atoms with van der Waals surface area (Å²) in [6, 6.07) is 0. The van der Waals surface area contributed by atoms with Crippen molar-refractivity contribution in [3.05, 3.63) is 23.8 Å². The fraction of sp³-hybridized carbons (Fsp3) is 0.800. The van der Waals surface area contributed by atoms with Crippen LogP contribution in [0.1, 0.15) is 72.6 Å². The number of fused-ring (bicyclic) bond motifs is 1. The molecule has 21 heavy (non-hydrogen) atoms. The van der Waals surface area contributed by atoms with Gasteiger partial charge in [0, 0.05) is 0 Å². The third kappa shape index (κ3) is 2.99. The summed E-state index contributed by atoms with van der Waals surface area (Å²) in [6.45, 7) is 13.7. The van der Waals surface area contributed by atoms with Gasteiger partial charge in [0.25, 0.3) is 0 Å². The van der Waals surface area contributed by atoms with Gasteiger partial charge in [-0.1, -0.05) is 30.7 Å². The van der Waals surface area contributed by atoms with Crippen LogP contribution >= 0.6 is 0 Å². The van der Waals surface area contributed by atoms with Gasteiger partial charge in [-0.25, -0.2) is 0 Å². The summed E-state index contributed by atoms with van der Waals surface area (Å²) in [7, 11) is 0. The van der Waals surface area contributed by atoms with Crippen LogP contribution in [-0.4, -0.2) is 11.7 Å². The maximum Gasteiger partial charge on any atom is 0.0892 e. The van der Waals surface area contributed by atoms with Crippen molar-refractivity contribution < 1.29 is 4.74 Å². The van der Waals surface area contributed by atoms with Crippen molar-refractivity contribution in [3.8, 4) is 0 Å². The first-order valence-electron chi connectivity index (χ1n) is 8.84. The molecule has 0 aromatic heterocycles. The van der Waals surface area contributed by atoms with Crippen molar-refractivity contribution in [1.82, 2.24) is 0 Å². The molecule has 0 radical (unpaired) electrons. The van der Waals surface area contributed by atoms with Gasteiger partial charge in [-0.15, -0.1) is 0 Å². The Balaban J connectivity index is 1.56. The highest BCUT2D eigenvalue weighted by Gasteiger charge is 2.47. The fourth-order valence-corrected chi connectivity index (χ4v) is 4.80. The third-order valence-electron chi connectivity index (χ3n) is 6.63. The van der Waals surface area contributed by atoms with E-state index < -0.39 is 0 Å². The summed E-state index contributed by atoms with van der Waals surface area (Å²) >= 11 is 0. The van der Waals surface area contributed by atoms with Crippen LogP contribution in [0.15, 0.2) is 23.8 Å². The SMILES string of the molecule is C=C(CCC1OC1(C)C)[C@@H]1CC[C@@]2(C)CCC=C(C)[C@@H]2C1. The van der Waals surface area contributed by atoms with Gasteiger partial charge < -0.3 is 4.74 Å². The van der Waals surface area contributed by atoms with Crippen molar-refractivity contribution in [2.75, 3.05) is 0 Å². The molecule has 4 atom stereocenters. The molecule has 1 heteroatoms. The van der Waals surface area contributed by atoms with E-state index in [1.165, 1.54) is 44.1 Å². The van der Waals surface area contributed by atoms with Crippen LogP contribution in [0.5, 0.6) is 0 Å². The summed E-state index contributed by atoms with van der Waals surface area (Å²) in [4.78, 5) is 0. The molecule has 0 aromatic rings. The molecular weight excluding hydrogens is 256 g/mol.